The van der Waals surface area contributed by atoms with Crippen molar-refractivity contribution >= 4 is 12.0 Å². The lowest BCUT2D eigenvalue weighted by Crippen LogP contribution is -2.18. The van der Waals surface area contributed by atoms with E-state index in [-0.39, 0.29) is 0 Å². The first kappa shape index (κ1) is 9.32. The van der Waals surface area contributed by atoms with Crippen LogP contribution < -0.4 is 9.84 Å². The minimum Gasteiger partial charge on any atom is -0.545 e. The van der Waals surface area contributed by atoms with E-state index in [1.807, 2.05) is 0 Å². The largest absolute Gasteiger partial charge is 0.545 e. The summed E-state index contributed by atoms with van der Waals surface area (Å²) in [5.41, 5.74) is 0.796. The second-order valence-corrected chi connectivity index (χ2v) is 2.43. The Morgan fingerprint density at radius 1 is 1.38 bits per heavy atom. The van der Waals surface area contributed by atoms with Gasteiger partial charge in [-0.05, 0) is 23.8 Å². The molecule has 0 aliphatic heterocycles. The van der Waals surface area contributed by atoms with E-state index < -0.39 is 5.97 Å². The Morgan fingerprint density at radius 3 is 2.46 bits per heavy atom. The number of carbonyl (C=O) groups is 1. The summed E-state index contributed by atoms with van der Waals surface area (Å²) in [5.74, 6) is -0.457. The first-order valence-corrected chi connectivity index (χ1v) is 3.75. The molecule has 0 N–H and O–H groups in total. The number of hydrogen-bond acceptors (Lipinski definition) is 3. The number of aliphatic carboxylic acids is 1. The molecule has 0 aliphatic carbocycles. The predicted molar refractivity (Wildman–Crippen MR) is 47.0 cm³/mol. The summed E-state index contributed by atoms with van der Waals surface area (Å²) in [4.78, 5) is 10.1. The van der Waals surface area contributed by atoms with Gasteiger partial charge in [-0.15, -0.1) is 0 Å². The summed E-state index contributed by atoms with van der Waals surface area (Å²) < 4.78 is 4.94. The molecule has 0 bridgehead atoms. The van der Waals surface area contributed by atoms with Gasteiger partial charge in [0.1, 0.15) is 5.75 Å². The van der Waals surface area contributed by atoms with E-state index in [4.69, 9.17) is 4.74 Å². The summed E-state index contributed by atoms with van der Waals surface area (Å²) >= 11 is 0. The predicted octanol–water partition coefficient (Wildman–Crippen LogP) is 0.458. The zero-order chi connectivity index (χ0) is 9.68. The Balaban J connectivity index is 2.75. The van der Waals surface area contributed by atoms with Gasteiger partial charge in [-0.2, -0.15) is 0 Å². The first-order valence-electron chi connectivity index (χ1n) is 3.75. The van der Waals surface area contributed by atoms with Gasteiger partial charge in [0.05, 0.1) is 13.1 Å². The molecule has 13 heavy (non-hydrogen) atoms. The second-order valence-electron chi connectivity index (χ2n) is 2.43. The average Bonchev–Trinajstić information content (AvgIpc) is 2.15. The zero-order valence-corrected chi connectivity index (χ0v) is 7.19. The van der Waals surface area contributed by atoms with Crippen LogP contribution in [0, 0.1) is 0 Å². The fraction of sp³-hybridized carbons (Fsp3) is 0.100. The molecule has 68 valence electrons. The summed E-state index contributed by atoms with van der Waals surface area (Å²) in [5, 5.41) is 10.1. The lowest BCUT2D eigenvalue weighted by Gasteiger charge is -1.99. The first-order chi connectivity index (χ1) is 6.22. The number of benzene rings is 1. The summed E-state index contributed by atoms with van der Waals surface area (Å²) in [7, 11) is 1.58. The Bertz CT molecular complexity index is 311. The van der Waals surface area contributed by atoms with Crippen molar-refractivity contribution in [3.8, 4) is 5.75 Å². The Kier molecular flexibility index (Phi) is 3.09. The molecule has 1 rings (SSSR count). The van der Waals surface area contributed by atoms with Crippen LogP contribution in [-0.2, 0) is 4.79 Å². The molecule has 0 fully saturated rings. The van der Waals surface area contributed by atoms with Gasteiger partial charge in [-0.25, -0.2) is 0 Å². The van der Waals surface area contributed by atoms with Gasteiger partial charge in [-0.3, -0.25) is 0 Å². The van der Waals surface area contributed by atoms with Crippen molar-refractivity contribution in [1.82, 2.24) is 0 Å². The summed E-state index contributed by atoms with van der Waals surface area (Å²) in [6, 6.07) is 7.04. The smallest absolute Gasteiger partial charge is 0.118 e. The standard InChI is InChI=1S/C10H10O3/c1-13-9-5-2-8(3-6-9)4-7-10(11)12/h2-7H,1H3,(H,11,12)/p-1/b7-4+. The van der Waals surface area contributed by atoms with Crippen molar-refractivity contribution in [3.63, 3.8) is 0 Å². The van der Waals surface area contributed by atoms with Gasteiger partial charge in [-0.1, -0.05) is 18.2 Å². The fourth-order valence-corrected chi connectivity index (χ4v) is 0.879. The zero-order valence-electron chi connectivity index (χ0n) is 7.19. The highest BCUT2D eigenvalue weighted by Crippen LogP contribution is 2.11. The van der Waals surface area contributed by atoms with Gasteiger partial charge >= 0.3 is 0 Å². The number of methoxy groups -OCH3 is 1. The lowest BCUT2D eigenvalue weighted by molar-refractivity contribution is -0.297. The number of carboxylic acids is 1. The normalized spacial score (nSPS) is 10.2. The van der Waals surface area contributed by atoms with Crippen LogP contribution in [0.25, 0.3) is 6.08 Å². The quantitative estimate of drug-likeness (QED) is 0.630. The number of carboxylic acid groups (broad SMARTS) is 1. The maximum atomic E-state index is 10.1. The SMILES string of the molecule is COc1ccc(/C=C/C(=O)[O-])cc1. The molecular formula is C10H9O3-. The molecule has 1 aromatic rings. The van der Waals surface area contributed by atoms with E-state index in [1.54, 1.807) is 31.4 Å². The van der Waals surface area contributed by atoms with Crippen LogP contribution in [0.2, 0.25) is 0 Å². The van der Waals surface area contributed by atoms with E-state index in [2.05, 4.69) is 0 Å². The third-order valence-corrected chi connectivity index (χ3v) is 1.53. The molecule has 0 atom stereocenters. The van der Waals surface area contributed by atoms with Crippen LogP contribution in [0.1, 0.15) is 5.56 Å². The monoisotopic (exact) mass is 177 g/mol. The Labute approximate surface area is 76.3 Å². The highest BCUT2D eigenvalue weighted by molar-refractivity contribution is 5.83. The highest BCUT2D eigenvalue weighted by atomic mass is 16.5. The molecule has 0 aliphatic rings. The van der Waals surface area contributed by atoms with Crippen molar-refractivity contribution in [2.45, 2.75) is 0 Å². The van der Waals surface area contributed by atoms with Crippen LogP contribution in [-0.4, -0.2) is 13.1 Å². The number of hydrogen-bond donors (Lipinski definition) is 0. The van der Waals surface area contributed by atoms with E-state index >= 15 is 0 Å². The van der Waals surface area contributed by atoms with Crippen molar-refractivity contribution in [2.24, 2.45) is 0 Å². The van der Waals surface area contributed by atoms with Gasteiger partial charge < -0.3 is 14.6 Å². The van der Waals surface area contributed by atoms with Crippen LogP contribution in [0.15, 0.2) is 30.3 Å². The maximum absolute atomic E-state index is 10.1. The summed E-state index contributed by atoms with van der Waals surface area (Å²) in [6.07, 6.45) is 2.45. The Morgan fingerprint density at radius 2 is 2.00 bits per heavy atom. The number of carbonyl (C=O) groups excluding carboxylic acids is 1. The van der Waals surface area contributed by atoms with Crippen molar-refractivity contribution in [2.75, 3.05) is 7.11 Å². The average molecular weight is 177 g/mol. The van der Waals surface area contributed by atoms with Crippen LogP contribution in [0.3, 0.4) is 0 Å². The van der Waals surface area contributed by atoms with E-state index in [9.17, 15) is 9.90 Å². The molecule has 1 aromatic carbocycles. The molecule has 0 saturated heterocycles. The summed E-state index contributed by atoms with van der Waals surface area (Å²) in [6.45, 7) is 0. The lowest BCUT2D eigenvalue weighted by atomic mass is 10.2. The molecule has 0 amide bonds. The molecule has 3 heteroatoms. The van der Waals surface area contributed by atoms with Crippen LogP contribution in [0.5, 0.6) is 5.75 Å². The molecule has 0 radical (unpaired) electrons. The van der Waals surface area contributed by atoms with Gasteiger partial charge in [0.25, 0.3) is 0 Å². The van der Waals surface area contributed by atoms with Crippen LogP contribution >= 0.6 is 0 Å². The van der Waals surface area contributed by atoms with E-state index in [0.717, 1.165) is 17.4 Å². The molecular weight excluding hydrogens is 168 g/mol. The highest BCUT2D eigenvalue weighted by Gasteiger charge is 1.89. The van der Waals surface area contributed by atoms with Gasteiger partial charge in [0, 0.05) is 0 Å². The van der Waals surface area contributed by atoms with E-state index in [0.29, 0.717) is 0 Å². The second kappa shape index (κ2) is 4.30. The minimum absolute atomic E-state index is 0.741. The van der Waals surface area contributed by atoms with Crippen molar-refractivity contribution < 1.29 is 14.6 Å². The topological polar surface area (TPSA) is 49.4 Å². The minimum atomic E-state index is -1.20. The van der Waals surface area contributed by atoms with Crippen molar-refractivity contribution in [1.29, 1.82) is 0 Å². The van der Waals surface area contributed by atoms with Crippen molar-refractivity contribution in [3.05, 3.63) is 35.9 Å². The van der Waals surface area contributed by atoms with E-state index in [1.165, 1.54) is 6.08 Å². The molecule has 0 heterocycles. The Hall–Kier alpha value is -1.77. The maximum Gasteiger partial charge on any atom is 0.118 e. The molecule has 0 aromatic heterocycles. The fourth-order valence-electron chi connectivity index (χ4n) is 0.879. The van der Waals surface area contributed by atoms with Gasteiger partial charge in [0.15, 0.2) is 0 Å². The molecule has 0 spiro atoms. The van der Waals surface area contributed by atoms with Crippen LogP contribution in [0.4, 0.5) is 0 Å². The third kappa shape index (κ3) is 2.99. The molecule has 0 unspecified atom stereocenters. The third-order valence-electron chi connectivity index (χ3n) is 1.53. The van der Waals surface area contributed by atoms with Gasteiger partial charge in [0.2, 0.25) is 0 Å². The molecule has 3 nitrogen and oxygen atoms in total. The molecule has 0 saturated carbocycles. The number of ether oxygens (including phenoxy) is 1. The number of rotatable bonds is 3.